The van der Waals surface area contributed by atoms with Gasteiger partial charge in [-0.1, -0.05) is 6.92 Å². The molecule has 19 heavy (non-hydrogen) atoms. The predicted molar refractivity (Wildman–Crippen MR) is 77.6 cm³/mol. The van der Waals surface area contributed by atoms with E-state index in [1.165, 1.54) is 11.8 Å². The summed E-state index contributed by atoms with van der Waals surface area (Å²) in [6.07, 6.45) is 0.732. The van der Waals surface area contributed by atoms with Crippen LogP contribution in [-0.4, -0.2) is 36.0 Å². The molecule has 1 atom stereocenters. The molecule has 5 heteroatoms. The second-order valence-electron chi connectivity index (χ2n) is 4.05. The van der Waals surface area contributed by atoms with E-state index >= 15 is 0 Å². The highest BCUT2D eigenvalue weighted by Crippen LogP contribution is 2.21. The summed E-state index contributed by atoms with van der Waals surface area (Å²) in [6.45, 7) is 4.50. The summed E-state index contributed by atoms with van der Waals surface area (Å²) in [4.78, 5) is 12.7. The van der Waals surface area contributed by atoms with E-state index in [2.05, 4.69) is 5.32 Å². The molecular formula is C14H21NO3S. The molecule has 4 nitrogen and oxygen atoms in total. The lowest BCUT2D eigenvalue weighted by atomic mass is 10.2. The Morgan fingerprint density at radius 2 is 2.05 bits per heavy atom. The number of rotatable bonds is 8. The van der Waals surface area contributed by atoms with Crippen molar-refractivity contribution in [3.05, 3.63) is 24.3 Å². The molecular weight excluding hydrogens is 262 g/mol. The molecule has 0 bridgehead atoms. The van der Waals surface area contributed by atoms with Gasteiger partial charge in [0.1, 0.15) is 5.75 Å². The van der Waals surface area contributed by atoms with Crippen LogP contribution in [0.25, 0.3) is 0 Å². The molecule has 0 saturated heterocycles. The van der Waals surface area contributed by atoms with E-state index in [-0.39, 0.29) is 18.6 Å². The summed E-state index contributed by atoms with van der Waals surface area (Å²) in [6, 6.07) is 7.52. The quantitative estimate of drug-likeness (QED) is 0.717. The first-order valence-corrected chi connectivity index (χ1v) is 7.44. The van der Waals surface area contributed by atoms with Gasteiger partial charge in [0.15, 0.2) is 0 Å². The molecule has 106 valence electrons. The van der Waals surface area contributed by atoms with Crippen LogP contribution in [0.1, 0.15) is 20.3 Å². The van der Waals surface area contributed by atoms with Crippen molar-refractivity contribution in [2.24, 2.45) is 0 Å². The second kappa shape index (κ2) is 8.82. The Morgan fingerprint density at radius 3 is 2.58 bits per heavy atom. The van der Waals surface area contributed by atoms with E-state index in [0.717, 1.165) is 17.1 Å². The normalized spacial score (nSPS) is 11.9. The van der Waals surface area contributed by atoms with Crippen LogP contribution in [0.5, 0.6) is 5.75 Å². The molecule has 1 aromatic carbocycles. The van der Waals surface area contributed by atoms with E-state index in [1.807, 2.05) is 38.1 Å². The van der Waals surface area contributed by atoms with Gasteiger partial charge in [0.05, 0.1) is 25.0 Å². The van der Waals surface area contributed by atoms with Crippen molar-refractivity contribution in [2.75, 3.05) is 19.0 Å². The third-order valence-corrected chi connectivity index (χ3v) is 3.59. The molecule has 0 heterocycles. The van der Waals surface area contributed by atoms with E-state index in [1.54, 1.807) is 0 Å². The fourth-order valence-corrected chi connectivity index (χ4v) is 2.20. The first kappa shape index (κ1) is 15.9. The van der Waals surface area contributed by atoms with Gasteiger partial charge in [0.2, 0.25) is 5.91 Å². The standard InChI is InChI=1S/C14H21NO3S/c1-3-11(9-16)15-14(17)10-19-13-7-5-12(6-8-13)18-4-2/h5-8,11,16H,3-4,9-10H2,1-2H3,(H,15,17)/t11-/m1/s1. The van der Waals surface area contributed by atoms with Crippen molar-refractivity contribution >= 4 is 17.7 Å². The molecule has 0 aliphatic rings. The molecule has 0 radical (unpaired) electrons. The first-order chi connectivity index (χ1) is 9.19. The third kappa shape index (κ3) is 5.98. The lowest BCUT2D eigenvalue weighted by Crippen LogP contribution is -2.37. The number of hydrogen-bond donors (Lipinski definition) is 2. The fraction of sp³-hybridized carbons (Fsp3) is 0.500. The zero-order valence-corrected chi connectivity index (χ0v) is 12.2. The number of carbonyl (C=O) groups excluding carboxylic acids is 1. The molecule has 0 aliphatic heterocycles. The van der Waals surface area contributed by atoms with Gasteiger partial charge in [-0.05, 0) is 37.6 Å². The summed E-state index contributed by atoms with van der Waals surface area (Å²) in [5.41, 5.74) is 0. The second-order valence-corrected chi connectivity index (χ2v) is 5.10. The minimum Gasteiger partial charge on any atom is -0.494 e. The van der Waals surface area contributed by atoms with Gasteiger partial charge in [-0.25, -0.2) is 0 Å². The summed E-state index contributed by atoms with van der Waals surface area (Å²) in [7, 11) is 0. The van der Waals surface area contributed by atoms with Crippen molar-refractivity contribution in [3.63, 3.8) is 0 Å². The Labute approximate surface area is 118 Å². The number of ether oxygens (including phenoxy) is 1. The molecule has 1 aromatic rings. The topological polar surface area (TPSA) is 58.6 Å². The lowest BCUT2D eigenvalue weighted by Gasteiger charge is -2.13. The Kier molecular flexibility index (Phi) is 7.36. The number of aliphatic hydroxyl groups is 1. The maximum Gasteiger partial charge on any atom is 0.230 e. The number of nitrogens with one attached hydrogen (secondary N) is 1. The SMILES string of the molecule is CCOc1ccc(SCC(=O)N[C@H](CC)CO)cc1. The molecule has 1 rings (SSSR count). The summed E-state index contributed by atoms with van der Waals surface area (Å²) >= 11 is 1.47. The largest absolute Gasteiger partial charge is 0.494 e. The van der Waals surface area contributed by atoms with E-state index < -0.39 is 0 Å². The van der Waals surface area contributed by atoms with Crippen molar-refractivity contribution in [2.45, 2.75) is 31.2 Å². The highest BCUT2D eigenvalue weighted by Gasteiger charge is 2.09. The van der Waals surface area contributed by atoms with Gasteiger partial charge in [0, 0.05) is 4.90 Å². The van der Waals surface area contributed by atoms with Gasteiger partial charge >= 0.3 is 0 Å². The van der Waals surface area contributed by atoms with Crippen LogP contribution >= 0.6 is 11.8 Å². The van der Waals surface area contributed by atoms with Crippen molar-refractivity contribution < 1.29 is 14.6 Å². The van der Waals surface area contributed by atoms with Gasteiger partial charge in [-0.3, -0.25) is 4.79 Å². The molecule has 0 spiro atoms. The average molecular weight is 283 g/mol. The highest BCUT2D eigenvalue weighted by atomic mass is 32.2. The lowest BCUT2D eigenvalue weighted by molar-refractivity contribution is -0.119. The molecule has 1 amide bonds. The number of benzene rings is 1. The number of aliphatic hydroxyl groups excluding tert-OH is 1. The molecule has 0 aliphatic carbocycles. The van der Waals surface area contributed by atoms with Gasteiger partial charge in [-0.15, -0.1) is 11.8 Å². The van der Waals surface area contributed by atoms with Gasteiger partial charge < -0.3 is 15.2 Å². The van der Waals surface area contributed by atoms with Crippen molar-refractivity contribution in [3.8, 4) is 5.75 Å². The van der Waals surface area contributed by atoms with Crippen LogP contribution in [0.4, 0.5) is 0 Å². The average Bonchev–Trinajstić information content (AvgIpc) is 2.44. The number of thioether (sulfide) groups is 1. The summed E-state index contributed by atoms with van der Waals surface area (Å²) < 4.78 is 5.35. The Morgan fingerprint density at radius 1 is 1.37 bits per heavy atom. The minimum atomic E-state index is -0.145. The van der Waals surface area contributed by atoms with Crippen LogP contribution in [0.3, 0.4) is 0 Å². The minimum absolute atomic E-state index is 0.0179. The monoisotopic (exact) mass is 283 g/mol. The Balaban J connectivity index is 2.37. The summed E-state index contributed by atoms with van der Waals surface area (Å²) in [5.74, 6) is 1.13. The number of amides is 1. The van der Waals surface area contributed by atoms with Crippen LogP contribution in [0.2, 0.25) is 0 Å². The third-order valence-electron chi connectivity index (χ3n) is 2.58. The number of hydrogen-bond acceptors (Lipinski definition) is 4. The Hall–Kier alpha value is -1.20. The van der Waals surface area contributed by atoms with Crippen LogP contribution < -0.4 is 10.1 Å². The zero-order chi connectivity index (χ0) is 14.1. The maximum absolute atomic E-state index is 11.6. The van der Waals surface area contributed by atoms with Crippen LogP contribution in [-0.2, 0) is 4.79 Å². The van der Waals surface area contributed by atoms with Crippen LogP contribution in [0.15, 0.2) is 29.2 Å². The maximum atomic E-state index is 11.6. The molecule has 0 fully saturated rings. The first-order valence-electron chi connectivity index (χ1n) is 6.45. The molecule has 0 unspecified atom stereocenters. The Bertz CT molecular complexity index is 377. The zero-order valence-electron chi connectivity index (χ0n) is 11.4. The smallest absolute Gasteiger partial charge is 0.230 e. The molecule has 2 N–H and O–H groups in total. The molecule has 0 saturated carbocycles. The fourth-order valence-electron chi connectivity index (χ4n) is 1.49. The van der Waals surface area contributed by atoms with Gasteiger partial charge in [-0.2, -0.15) is 0 Å². The highest BCUT2D eigenvalue weighted by molar-refractivity contribution is 8.00. The van der Waals surface area contributed by atoms with E-state index in [4.69, 9.17) is 9.84 Å². The summed E-state index contributed by atoms with van der Waals surface area (Å²) in [5, 5.41) is 11.8. The number of carbonyl (C=O) groups is 1. The van der Waals surface area contributed by atoms with Gasteiger partial charge in [0.25, 0.3) is 0 Å². The molecule has 0 aromatic heterocycles. The predicted octanol–water partition coefficient (Wildman–Crippen LogP) is 2.06. The van der Waals surface area contributed by atoms with Crippen molar-refractivity contribution in [1.29, 1.82) is 0 Å². The van der Waals surface area contributed by atoms with E-state index in [0.29, 0.717) is 12.4 Å². The van der Waals surface area contributed by atoms with Crippen LogP contribution in [0, 0.1) is 0 Å². The van der Waals surface area contributed by atoms with Crippen molar-refractivity contribution in [1.82, 2.24) is 5.32 Å². The van der Waals surface area contributed by atoms with E-state index in [9.17, 15) is 4.79 Å².